The zero-order chi connectivity index (χ0) is 15.0. The number of sulfone groups is 1. The number of hydrogen-bond donors (Lipinski definition) is 0. The Kier molecular flexibility index (Phi) is 4.50. The minimum atomic E-state index is -3.06. The molecule has 0 spiro atoms. The average Bonchev–Trinajstić information content (AvgIpc) is 2.37. The summed E-state index contributed by atoms with van der Waals surface area (Å²) in [6.45, 7) is 5.28. The third-order valence-electron chi connectivity index (χ3n) is 4.24. The van der Waals surface area contributed by atoms with E-state index in [1.807, 2.05) is 12.1 Å². The fourth-order valence-electron chi connectivity index (χ4n) is 2.68. The van der Waals surface area contributed by atoms with Crippen LogP contribution < -0.4 is 0 Å². The summed E-state index contributed by atoms with van der Waals surface area (Å²) in [6, 6.07) is 8.22. The van der Waals surface area contributed by atoms with Crippen LogP contribution in [-0.4, -0.2) is 18.9 Å². The second-order valence-electron chi connectivity index (χ2n) is 6.62. The van der Waals surface area contributed by atoms with Crippen LogP contribution in [0.1, 0.15) is 50.1 Å². The Morgan fingerprint density at radius 3 is 2.55 bits per heavy atom. The quantitative estimate of drug-likeness (QED) is 0.786. The van der Waals surface area contributed by atoms with E-state index in [1.165, 1.54) is 11.1 Å². The zero-order valence-corrected chi connectivity index (χ0v) is 14.0. The van der Waals surface area contributed by atoms with Gasteiger partial charge in [-0.15, -0.1) is 11.6 Å². The highest BCUT2D eigenvalue weighted by molar-refractivity contribution is 7.92. The molecule has 1 aromatic carbocycles. The van der Waals surface area contributed by atoms with E-state index in [-0.39, 0.29) is 17.0 Å². The van der Waals surface area contributed by atoms with Crippen LogP contribution in [0.3, 0.4) is 0 Å². The van der Waals surface area contributed by atoms with Crippen molar-refractivity contribution < 1.29 is 8.42 Å². The van der Waals surface area contributed by atoms with Crippen molar-refractivity contribution in [3.63, 3.8) is 0 Å². The van der Waals surface area contributed by atoms with Gasteiger partial charge in [0.15, 0.2) is 9.84 Å². The summed E-state index contributed by atoms with van der Waals surface area (Å²) >= 11 is 6.56. The molecule has 1 aliphatic carbocycles. The lowest BCUT2D eigenvalue weighted by Crippen LogP contribution is -2.32. The highest BCUT2D eigenvalue weighted by Gasteiger charge is 2.32. The fourth-order valence-corrected chi connectivity index (χ4v) is 4.37. The number of rotatable bonds is 3. The maximum absolute atomic E-state index is 12.2. The zero-order valence-electron chi connectivity index (χ0n) is 12.4. The van der Waals surface area contributed by atoms with Gasteiger partial charge in [-0.2, -0.15) is 0 Å². The molecule has 4 heteroatoms. The van der Waals surface area contributed by atoms with Crippen molar-refractivity contribution in [2.45, 2.75) is 50.2 Å². The molecule has 0 bridgehead atoms. The minimum Gasteiger partial charge on any atom is -0.228 e. The predicted octanol–water partition coefficient (Wildman–Crippen LogP) is 4.13. The Bertz CT molecular complexity index is 572. The summed E-state index contributed by atoms with van der Waals surface area (Å²) in [7, 11) is -3.06. The Morgan fingerprint density at radius 2 is 1.90 bits per heavy atom. The van der Waals surface area contributed by atoms with Crippen molar-refractivity contribution >= 4 is 21.4 Å². The van der Waals surface area contributed by atoms with Gasteiger partial charge >= 0.3 is 0 Å². The molecule has 0 fully saturated rings. The third-order valence-corrected chi connectivity index (χ3v) is 7.47. The maximum atomic E-state index is 12.2. The highest BCUT2D eigenvalue weighted by atomic mass is 35.5. The molecule has 2 atom stereocenters. The van der Waals surface area contributed by atoms with E-state index in [9.17, 15) is 8.42 Å². The van der Waals surface area contributed by atoms with E-state index in [1.54, 1.807) is 20.8 Å². The number of hydrogen-bond acceptors (Lipinski definition) is 2. The predicted molar refractivity (Wildman–Crippen MR) is 85.0 cm³/mol. The molecular weight excluding hydrogens is 292 g/mol. The van der Waals surface area contributed by atoms with Gasteiger partial charge in [-0.05, 0) is 57.1 Å². The van der Waals surface area contributed by atoms with Gasteiger partial charge in [0.25, 0.3) is 0 Å². The molecular formula is C16H23ClO2S. The van der Waals surface area contributed by atoms with Gasteiger partial charge in [-0.3, -0.25) is 0 Å². The summed E-state index contributed by atoms with van der Waals surface area (Å²) in [5.74, 6) is 0.482. The number of halogens is 1. The molecule has 2 unspecified atom stereocenters. The number of aryl methyl sites for hydroxylation is 1. The standard InChI is InChI=1S/C16H23ClO2S/c1-16(2,3)20(18,19)11-10-13-9-8-12-6-4-5-7-14(12)15(13)17/h4-7,13,15H,8-11H2,1-3H3. The van der Waals surface area contributed by atoms with Crippen molar-refractivity contribution in [1.82, 2.24) is 0 Å². The van der Waals surface area contributed by atoms with E-state index in [0.717, 1.165) is 12.8 Å². The molecule has 1 aliphatic rings. The highest BCUT2D eigenvalue weighted by Crippen LogP contribution is 2.41. The van der Waals surface area contributed by atoms with Gasteiger partial charge in [0.05, 0.1) is 15.9 Å². The van der Waals surface area contributed by atoms with Crippen LogP contribution in [0.5, 0.6) is 0 Å². The van der Waals surface area contributed by atoms with Gasteiger partial charge in [0, 0.05) is 0 Å². The lowest BCUT2D eigenvalue weighted by Gasteiger charge is -2.30. The second kappa shape index (κ2) is 5.69. The van der Waals surface area contributed by atoms with E-state index in [0.29, 0.717) is 6.42 Å². The van der Waals surface area contributed by atoms with Crippen LogP contribution in [0.4, 0.5) is 0 Å². The number of fused-ring (bicyclic) bond motifs is 1. The minimum absolute atomic E-state index is 0.0601. The van der Waals surface area contributed by atoms with Crippen molar-refractivity contribution in [3.8, 4) is 0 Å². The van der Waals surface area contributed by atoms with Gasteiger partial charge in [-0.1, -0.05) is 24.3 Å². The Balaban J connectivity index is 2.07. The molecule has 0 heterocycles. The fraction of sp³-hybridized carbons (Fsp3) is 0.625. The van der Waals surface area contributed by atoms with Crippen LogP contribution in [0.2, 0.25) is 0 Å². The van der Waals surface area contributed by atoms with Crippen molar-refractivity contribution in [1.29, 1.82) is 0 Å². The van der Waals surface area contributed by atoms with Crippen LogP contribution in [-0.2, 0) is 16.3 Å². The molecule has 0 saturated carbocycles. The Hall–Kier alpha value is -0.540. The van der Waals surface area contributed by atoms with Gasteiger partial charge in [0.2, 0.25) is 0 Å². The molecule has 0 N–H and O–H groups in total. The SMILES string of the molecule is CC(C)(C)S(=O)(=O)CCC1CCc2ccccc2C1Cl. The van der Waals surface area contributed by atoms with Crippen LogP contribution >= 0.6 is 11.6 Å². The molecule has 2 nitrogen and oxygen atoms in total. The Morgan fingerprint density at radius 1 is 1.25 bits per heavy atom. The average molecular weight is 315 g/mol. The van der Waals surface area contributed by atoms with E-state index in [2.05, 4.69) is 12.1 Å². The van der Waals surface area contributed by atoms with Gasteiger partial charge in [0.1, 0.15) is 0 Å². The molecule has 0 radical (unpaired) electrons. The number of benzene rings is 1. The topological polar surface area (TPSA) is 34.1 Å². The summed E-state index contributed by atoms with van der Waals surface area (Å²) in [5, 5.41) is -0.0601. The van der Waals surface area contributed by atoms with E-state index < -0.39 is 14.6 Å². The second-order valence-corrected chi connectivity index (χ2v) is 9.95. The van der Waals surface area contributed by atoms with Crippen molar-refractivity contribution in [2.24, 2.45) is 5.92 Å². The molecule has 0 aliphatic heterocycles. The lowest BCUT2D eigenvalue weighted by molar-refractivity contribution is 0.428. The van der Waals surface area contributed by atoms with Gasteiger partial charge in [-0.25, -0.2) is 8.42 Å². The summed E-state index contributed by atoms with van der Waals surface area (Å²) < 4.78 is 23.7. The first-order chi connectivity index (χ1) is 9.22. The van der Waals surface area contributed by atoms with Crippen molar-refractivity contribution in [3.05, 3.63) is 35.4 Å². The molecule has 0 aromatic heterocycles. The summed E-state index contributed by atoms with van der Waals surface area (Å²) in [5.41, 5.74) is 2.49. The van der Waals surface area contributed by atoms with Crippen molar-refractivity contribution in [2.75, 3.05) is 5.75 Å². The normalized spacial score (nSPS) is 23.4. The van der Waals surface area contributed by atoms with Crippen LogP contribution in [0.15, 0.2) is 24.3 Å². The maximum Gasteiger partial charge on any atom is 0.155 e. The third kappa shape index (κ3) is 3.20. The smallest absolute Gasteiger partial charge is 0.155 e. The largest absolute Gasteiger partial charge is 0.228 e. The van der Waals surface area contributed by atoms with Crippen LogP contribution in [0, 0.1) is 5.92 Å². The first-order valence-electron chi connectivity index (χ1n) is 7.16. The van der Waals surface area contributed by atoms with Crippen LogP contribution in [0.25, 0.3) is 0 Å². The number of alkyl halides is 1. The van der Waals surface area contributed by atoms with Gasteiger partial charge < -0.3 is 0 Å². The first-order valence-corrected chi connectivity index (χ1v) is 9.25. The monoisotopic (exact) mass is 314 g/mol. The molecule has 20 heavy (non-hydrogen) atoms. The molecule has 2 rings (SSSR count). The summed E-state index contributed by atoms with van der Waals surface area (Å²) in [6.07, 6.45) is 2.63. The Labute approximate surface area is 127 Å². The molecule has 0 amide bonds. The van der Waals surface area contributed by atoms with E-state index >= 15 is 0 Å². The van der Waals surface area contributed by atoms with E-state index in [4.69, 9.17) is 11.6 Å². The lowest BCUT2D eigenvalue weighted by atomic mass is 9.82. The first kappa shape index (κ1) is 15.8. The molecule has 1 aromatic rings. The molecule has 112 valence electrons. The summed E-state index contributed by atoms with van der Waals surface area (Å²) in [4.78, 5) is 0. The molecule has 0 saturated heterocycles.